The fourth-order valence-electron chi connectivity index (χ4n) is 5.35. The van der Waals surface area contributed by atoms with Crippen molar-refractivity contribution in [2.75, 3.05) is 44.2 Å². The van der Waals surface area contributed by atoms with Gasteiger partial charge in [-0.1, -0.05) is 49.7 Å². The Bertz CT molecular complexity index is 1150. The van der Waals surface area contributed by atoms with Crippen LogP contribution in [-0.4, -0.2) is 59.0 Å². The van der Waals surface area contributed by atoms with Gasteiger partial charge in [0.05, 0.1) is 27.3 Å². The first kappa shape index (κ1) is 29.0. The summed E-state index contributed by atoms with van der Waals surface area (Å²) in [6.07, 6.45) is 0. The van der Waals surface area contributed by atoms with E-state index in [1.165, 1.54) is 6.07 Å². The molecule has 0 aromatic heterocycles. The lowest BCUT2D eigenvalue weighted by Gasteiger charge is -2.39. The molecule has 9 heteroatoms. The Morgan fingerprint density at radius 1 is 1.08 bits per heavy atom. The molecule has 2 saturated heterocycles. The van der Waals surface area contributed by atoms with Crippen LogP contribution in [0.4, 0.5) is 10.1 Å². The van der Waals surface area contributed by atoms with Gasteiger partial charge in [0.1, 0.15) is 5.82 Å². The molecule has 2 aliphatic rings. The molecule has 2 N–H and O–H groups in total. The molecule has 2 aliphatic heterocycles. The Balaban J connectivity index is 1.49. The molecule has 0 spiro atoms. The van der Waals surface area contributed by atoms with Crippen molar-refractivity contribution in [3.8, 4) is 0 Å². The Kier molecular flexibility index (Phi) is 9.18. The van der Waals surface area contributed by atoms with Gasteiger partial charge in [0.15, 0.2) is 0 Å². The number of piperazine rings is 1. The molecule has 2 aromatic rings. The maximum atomic E-state index is 15.4. The van der Waals surface area contributed by atoms with E-state index in [1.54, 1.807) is 6.07 Å². The summed E-state index contributed by atoms with van der Waals surface area (Å²) in [4.78, 5) is 17.5. The van der Waals surface area contributed by atoms with Gasteiger partial charge in [-0.3, -0.25) is 4.79 Å². The first-order chi connectivity index (χ1) is 18.0. The van der Waals surface area contributed by atoms with E-state index in [2.05, 4.69) is 23.9 Å². The molecule has 0 radical (unpaired) electrons. The Morgan fingerprint density at radius 2 is 1.74 bits per heavy atom. The van der Waals surface area contributed by atoms with Gasteiger partial charge in [0.2, 0.25) is 5.91 Å². The van der Waals surface area contributed by atoms with Gasteiger partial charge in [0.25, 0.3) is 0 Å². The van der Waals surface area contributed by atoms with Crippen LogP contribution in [0.1, 0.15) is 57.7 Å². The van der Waals surface area contributed by atoms with E-state index in [9.17, 15) is 9.00 Å². The largest absolute Gasteiger partial charge is 0.365 e. The number of halogens is 2. The smallest absolute Gasteiger partial charge is 0.227 e. The van der Waals surface area contributed by atoms with Crippen molar-refractivity contribution in [3.05, 3.63) is 64.4 Å². The molecule has 208 valence electrons. The Labute approximate surface area is 233 Å². The molecule has 2 heterocycles. The third kappa shape index (κ3) is 6.41. The zero-order valence-electron chi connectivity index (χ0n) is 23.0. The normalized spacial score (nSPS) is 22.1. The monoisotopic (exact) mass is 562 g/mol. The third-order valence-corrected chi connectivity index (χ3v) is 9.38. The molecule has 1 amide bonds. The number of nitrogens with zero attached hydrogens (tertiary/aromatic N) is 2. The van der Waals surface area contributed by atoms with E-state index in [0.717, 1.165) is 17.7 Å². The molecule has 2 aromatic carbocycles. The van der Waals surface area contributed by atoms with E-state index in [1.807, 2.05) is 60.9 Å². The Hall–Kier alpha value is -2.00. The summed E-state index contributed by atoms with van der Waals surface area (Å²) in [7, 11) is -1.30. The van der Waals surface area contributed by atoms with Crippen LogP contribution in [-0.2, 0) is 15.8 Å². The molecule has 4 atom stereocenters. The number of nitrogens with one attached hydrogen (secondary N) is 2. The second-order valence-corrected chi connectivity index (χ2v) is 14.1. The number of amides is 1. The van der Waals surface area contributed by atoms with E-state index < -0.39 is 15.7 Å². The fraction of sp³-hybridized carbons (Fsp3) is 0.552. The van der Waals surface area contributed by atoms with Crippen molar-refractivity contribution in [2.45, 2.75) is 51.3 Å². The summed E-state index contributed by atoms with van der Waals surface area (Å²) in [5.74, 6) is -0.0692. The molecule has 2 fully saturated rings. The zero-order chi connectivity index (χ0) is 27.6. The molecular formula is C29H40ClFN4O2S. The lowest BCUT2D eigenvalue weighted by molar-refractivity contribution is -0.135. The third-order valence-electron chi connectivity index (χ3n) is 7.55. The van der Waals surface area contributed by atoms with Gasteiger partial charge in [-0.05, 0) is 56.0 Å². The van der Waals surface area contributed by atoms with Crippen LogP contribution in [0.2, 0.25) is 5.02 Å². The van der Waals surface area contributed by atoms with Gasteiger partial charge >= 0.3 is 0 Å². The van der Waals surface area contributed by atoms with Crippen molar-refractivity contribution in [2.24, 2.45) is 11.8 Å². The van der Waals surface area contributed by atoms with Crippen LogP contribution < -0.4 is 14.9 Å². The first-order valence-corrected chi connectivity index (χ1v) is 15.0. The second kappa shape index (κ2) is 12.0. The van der Waals surface area contributed by atoms with Crippen LogP contribution >= 0.6 is 11.6 Å². The van der Waals surface area contributed by atoms with Crippen LogP contribution in [0.5, 0.6) is 0 Å². The van der Waals surface area contributed by atoms with Crippen molar-refractivity contribution in [1.29, 1.82) is 0 Å². The minimum absolute atomic E-state index is 0.101. The molecule has 38 heavy (non-hydrogen) atoms. The molecule has 0 aliphatic carbocycles. The highest BCUT2D eigenvalue weighted by Gasteiger charge is 2.38. The van der Waals surface area contributed by atoms with Crippen molar-refractivity contribution >= 4 is 34.2 Å². The van der Waals surface area contributed by atoms with E-state index in [-0.39, 0.29) is 35.5 Å². The van der Waals surface area contributed by atoms with Crippen molar-refractivity contribution in [1.82, 2.24) is 14.9 Å². The minimum Gasteiger partial charge on any atom is -0.365 e. The van der Waals surface area contributed by atoms with E-state index >= 15 is 4.39 Å². The van der Waals surface area contributed by atoms with Gasteiger partial charge in [-0.2, -0.15) is 0 Å². The summed E-state index contributed by atoms with van der Waals surface area (Å²) in [5.41, 5.74) is 2.46. The van der Waals surface area contributed by atoms with Crippen molar-refractivity contribution < 1.29 is 13.4 Å². The van der Waals surface area contributed by atoms with Gasteiger partial charge < -0.3 is 15.1 Å². The summed E-state index contributed by atoms with van der Waals surface area (Å²) >= 11 is 6.07. The number of carbonyl (C=O) groups excluding carboxylic acids is 1. The standard InChI is InChI=1S/C29H40ClFN4O2S/c1-19(2)26(33-38(37)29(3,4)5)22-7-6-8-25(31)27(22)34-13-15-35(16-14-34)28(36)24-18-32-17-23(24)20-9-11-21(30)12-10-20/h6-12,19,23-24,26,32-33H,13-18H2,1-5H3/t23?,24-,26-,38-/m0/s1. The summed E-state index contributed by atoms with van der Waals surface area (Å²) in [6, 6.07) is 12.6. The summed E-state index contributed by atoms with van der Waals surface area (Å²) in [6.45, 7) is 13.4. The van der Waals surface area contributed by atoms with Crippen LogP contribution in [0.25, 0.3) is 0 Å². The number of benzene rings is 2. The Morgan fingerprint density at radius 3 is 2.34 bits per heavy atom. The number of para-hydroxylation sites is 1. The average Bonchev–Trinajstić information content (AvgIpc) is 3.36. The minimum atomic E-state index is -1.30. The molecule has 0 bridgehead atoms. The highest BCUT2D eigenvalue weighted by atomic mass is 35.5. The quantitative estimate of drug-likeness (QED) is 0.505. The SMILES string of the molecule is CC(C)[C@H](N[S@@](=O)C(C)(C)C)c1cccc(F)c1N1CCN(C(=O)[C@H]2CNCC2c2ccc(Cl)cc2)CC1. The maximum absolute atomic E-state index is 15.4. The topological polar surface area (TPSA) is 64.7 Å². The number of hydrogen-bond donors (Lipinski definition) is 2. The number of carbonyl (C=O) groups is 1. The lowest BCUT2D eigenvalue weighted by Crippen LogP contribution is -2.51. The molecule has 1 unspecified atom stereocenters. The van der Waals surface area contributed by atoms with Gasteiger partial charge in [-0.15, -0.1) is 0 Å². The average molecular weight is 563 g/mol. The molecule has 4 rings (SSSR count). The van der Waals surface area contributed by atoms with Crippen LogP contribution in [0, 0.1) is 17.7 Å². The van der Waals surface area contributed by atoms with Gasteiger partial charge in [-0.25, -0.2) is 13.3 Å². The molecule has 6 nitrogen and oxygen atoms in total. The predicted molar refractivity (Wildman–Crippen MR) is 154 cm³/mol. The van der Waals surface area contributed by atoms with E-state index in [4.69, 9.17) is 11.6 Å². The lowest BCUT2D eigenvalue weighted by atomic mass is 9.88. The summed E-state index contributed by atoms with van der Waals surface area (Å²) < 4.78 is 31.1. The zero-order valence-corrected chi connectivity index (χ0v) is 24.5. The molecular weight excluding hydrogens is 523 g/mol. The number of rotatable bonds is 7. The van der Waals surface area contributed by atoms with E-state index in [0.29, 0.717) is 43.4 Å². The highest BCUT2D eigenvalue weighted by molar-refractivity contribution is 7.84. The summed E-state index contributed by atoms with van der Waals surface area (Å²) in [5, 5.41) is 4.07. The van der Waals surface area contributed by atoms with Crippen molar-refractivity contribution in [3.63, 3.8) is 0 Å². The first-order valence-electron chi connectivity index (χ1n) is 13.4. The fourth-order valence-corrected chi connectivity index (χ4v) is 6.46. The second-order valence-electron chi connectivity index (χ2n) is 11.6. The van der Waals surface area contributed by atoms with Gasteiger partial charge in [0, 0.05) is 56.3 Å². The van der Waals surface area contributed by atoms with Crippen LogP contribution in [0.3, 0.4) is 0 Å². The number of hydrogen-bond acceptors (Lipinski definition) is 4. The highest BCUT2D eigenvalue weighted by Crippen LogP contribution is 2.36. The predicted octanol–water partition coefficient (Wildman–Crippen LogP) is 4.88. The number of anilines is 1. The van der Waals surface area contributed by atoms with Crippen LogP contribution in [0.15, 0.2) is 42.5 Å². The molecule has 0 saturated carbocycles. The maximum Gasteiger partial charge on any atom is 0.227 e.